The van der Waals surface area contributed by atoms with Gasteiger partial charge in [-0.05, 0) is 59.3 Å². The molecule has 0 bridgehead atoms. The van der Waals surface area contributed by atoms with Gasteiger partial charge in [0.25, 0.3) is 5.91 Å². The number of anilines is 1. The molecule has 2 aromatic heterocycles. The maximum absolute atomic E-state index is 12.3. The lowest BCUT2D eigenvalue weighted by atomic mass is 9.99. The molecule has 0 aromatic carbocycles. The summed E-state index contributed by atoms with van der Waals surface area (Å²) in [5.41, 5.74) is 1.97. The number of carbonyl (C=O) groups is 1. The lowest BCUT2D eigenvalue weighted by molar-refractivity contribution is 0.103. The van der Waals surface area contributed by atoms with E-state index in [2.05, 4.69) is 26.2 Å². The summed E-state index contributed by atoms with van der Waals surface area (Å²) in [6.45, 7) is 0. The van der Waals surface area contributed by atoms with Crippen LogP contribution in [0.3, 0.4) is 0 Å². The summed E-state index contributed by atoms with van der Waals surface area (Å²) in [6, 6.07) is 3.77. The SMILES string of the molecule is O=C(Nc1cnc(Cl)c(Br)c1)c1cc2c(s1)CCCC2. The van der Waals surface area contributed by atoms with E-state index in [-0.39, 0.29) is 5.91 Å². The quantitative estimate of drug-likeness (QED) is 0.778. The van der Waals surface area contributed by atoms with E-state index in [4.69, 9.17) is 11.6 Å². The number of rotatable bonds is 2. The standard InChI is InChI=1S/C14H12BrClN2OS/c15-10-6-9(7-17-13(10)16)18-14(19)12-5-8-3-1-2-4-11(8)20-12/h5-7H,1-4H2,(H,18,19). The second kappa shape index (κ2) is 5.84. The Kier molecular flexibility index (Phi) is 4.10. The zero-order valence-corrected chi connectivity index (χ0v) is 13.7. The smallest absolute Gasteiger partial charge is 0.265 e. The number of hydrogen-bond acceptors (Lipinski definition) is 3. The largest absolute Gasteiger partial charge is 0.320 e. The van der Waals surface area contributed by atoms with Gasteiger partial charge in [-0.2, -0.15) is 0 Å². The van der Waals surface area contributed by atoms with E-state index in [9.17, 15) is 4.79 Å². The van der Waals surface area contributed by atoms with E-state index >= 15 is 0 Å². The number of nitrogens with zero attached hydrogens (tertiary/aromatic N) is 1. The topological polar surface area (TPSA) is 42.0 Å². The molecule has 1 aliphatic rings. The predicted octanol–water partition coefficient (Wildman–Crippen LogP) is 4.69. The molecule has 0 fully saturated rings. The van der Waals surface area contributed by atoms with Gasteiger partial charge in [0, 0.05) is 4.88 Å². The molecule has 3 nitrogen and oxygen atoms in total. The van der Waals surface area contributed by atoms with Crippen LogP contribution in [-0.2, 0) is 12.8 Å². The highest BCUT2D eigenvalue weighted by Gasteiger charge is 2.17. The molecule has 2 heterocycles. The van der Waals surface area contributed by atoms with Gasteiger partial charge in [-0.1, -0.05) is 11.6 Å². The van der Waals surface area contributed by atoms with Crippen LogP contribution in [0.25, 0.3) is 0 Å². The normalized spacial score (nSPS) is 13.9. The molecule has 0 unspecified atom stereocenters. The summed E-state index contributed by atoms with van der Waals surface area (Å²) in [4.78, 5) is 18.4. The highest BCUT2D eigenvalue weighted by Crippen LogP contribution is 2.30. The lowest BCUT2D eigenvalue weighted by Crippen LogP contribution is -2.10. The van der Waals surface area contributed by atoms with Crippen LogP contribution in [0.15, 0.2) is 22.8 Å². The number of fused-ring (bicyclic) bond motifs is 1. The van der Waals surface area contributed by atoms with Crippen LogP contribution in [0, 0.1) is 0 Å². The number of carbonyl (C=O) groups excluding carboxylic acids is 1. The van der Waals surface area contributed by atoms with Crippen LogP contribution < -0.4 is 5.32 Å². The van der Waals surface area contributed by atoms with Gasteiger partial charge in [-0.3, -0.25) is 4.79 Å². The third-order valence-corrected chi connectivity index (χ3v) is 5.64. The molecular formula is C14H12BrClN2OS. The number of thiophene rings is 1. The Morgan fingerprint density at radius 2 is 2.15 bits per heavy atom. The number of aryl methyl sites for hydroxylation is 2. The van der Waals surface area contributed by atoms with Crippen molar-refractivity contribution in [2.24, 2.45) is 0 Å². The van der Waals surface area contributed by atoms with Gasteiger partial charge in [0.15, 0.2) is 0 Å². The molecule has 0 aliphatic heterocycles. The first-order valence-electron chi connectivity index (χ1n) is 6.37. The van der Waals surface area contributed by atoms with E-state index in [1.807, 2.05) is 6.07 Å². The Morgan fingerprint density at radius 3 is 2.90 bits per heavy atom. The van der Waals surface area contributed by atoms with Crippen LogP contribution in [0.2, 0.25) is 5.15 Å². The molecule has 0 spiro atoms. The molecule has 2 aromatic rings. The Labute approximate surface area is 134 Å². The van der Waals surface area contributed by atoms with Crippen molar-refractivity contribution in [1.29, 1.82) is 0 Å². The molecule has 1 aliphatic carbocycles. The predicted molar refractivity (Wildman–Crippen MR) is 85.9 cm³/mol. The first-order chi connectivity index (χ1) is 9.63. The van der Waals surface area contributed by atoms with Crippen molar-refractivity contribution in [1.82, 2.24) is 4.98 Å². The number of nitrogens with one attached hydrogen (secondary N) is 1. The zero-order chi connectivity index (χ0) is 14.1. The number of amides is 1. The minimum absolute atomic E-state index is 0.0829. The van der Waals surface area contributed by atoms with Crippen LogP contribution in [0.4, 0.5) is 5.69 Å². The van der Waals surface area contributed by atoms with Gasteiger partial charge in [0.05, 0.1) is 21.2 Å². The Balaban J connectivity index is 1.78. The fourth-order valence-corrected chi connectivity index (χ4v) is 3.89. The van der Waals surface area contributed by atoms with Crippen molar-refractivity contribution >= 4 is 50.5 Å². The molecule has 3 rings (SSSR count). The van der Waals surface area contributed by atoms with Crippen LogP contribution >= 0.6 is 38.9 Å². The van der Waals surface area contributed by atoms with E-state index in [1.165, 1.54) is 23.3 Å². The number of halogens is 2. The van der Waals surface area contributed by atoms with Crippen LogP contribution in [0.5, 0.6) is 0 Å². The fraction of sp³-hybridized carbons (Fsp3) is 0.286. The van der Waals surface area contributed by atoms with Gasteiger partial charge in [0.1, 0.15) is 5.15 Å². The first kappa shape index (κ1) is 14.0. The number of pyridine rings is 1. The molecule has 6 heteroatoms. The number of hydrogen-bond donors (Lipinski definition) is 1. The molecule has 0 saturated carbocycles. The molecule has 1 amide bonds. The summed E-state index contributed by atoms with van der Waals surface area (Å²) in [5, 5.41) is 3.24. The minimum Gasteiger partial charge on any atom is -0.320 e. The molecular weight excluding hydrogens is 360 g/mol. The highest BCUT2D eigenvalue weighted by atomic mass is 79.9. The Bertz CT molecular complexity index is 648. The molecule has 0 atom stereocenters. The summed E-state index contributed by atoms with van der Waals surface area (Å²) in [7, 11) is 0. The van der Waals surface area contributed by atoms with Crippen molar-refractivity contribution in [3.63, 3.8) is 0 Å². The van der Waals surface area contributed by atoms with Crippen molar-refractivity contribution in [3.8, 4) is 0 Å². The average Bonchev–Trinajstić information content (AvgIpc) is 2.87. The molecule has 104 valence electrons. The van der Waals surface area contributed by atoms with Crippen molar-refractivity contribution < 1.29 is 4.79 Å². The van der Waals surface area contributed by atoms with Gasteiger partial charge in [0.2, 0.25) is 0 Å². The summed E-state index contributed by atoms with van der Waals surface area (Å²) in [5.74, 6) is -0.0829. The molecule has 0 radical (unpaired) electrons. The van der Waals surface area contributed by atoms with Crippen LogP contribution in [-0.4, -0.2) is 10.9 Å². The Hall–Kier alpha value is -0.910. The van der Waals surface area contributed by atoms with Crippen molar-refractivity contribution in [2.45, 2.75) is 25.7 Å². The van der Waals surface area contributed by atoms with Crippen LogP contribution in [0.1, 0.15) is 33.0 Å². The highest BCUT2D eigenvalue weighted by molar-refractivity contribution is 9.10. The van der Waals surface area contributed by atoms with Gasteiger partial charge in [-0.25, -0.2) is 4.98 Å². The van der Waals surface area contributed by atoms with Gasteiger partial charge >= 0.3 is 0 Å². The Morgan fingerprint density at radius 1 is 1.35 bits per heavy atom. The minimum atomic E-state index is -0.0829. The third-order valence-electron chi connectivity index (χ3n) is 3.27. The maximum Gasteiger partial charge on any atom is 0.265 e. The average molecular weight is 372 g/mol. The monoisotopic (exact) mass is 370 g/mol. The lowest BCUT2D eigenvalue weighted by Gasteiger charge is -2.08. The fourth-order valence-electron chi connectivity index (χ4n) is 2.28. The first-order valence-corrected chi connectivity index (χ1v) is 8.36. The van der Waals surface area contributed by atoms with Crippen molar-refractivity contribution in [3.05, 3.63) is 43.3 Å². The van der Waals surface area contributed by atoms with E-state index in [0.717, 1.165) is 17.7 Å². The molecule has 20 heavy (non-hydrogen) atoms. The van der Waals surface area contributed by atoms with Crippen molar-refractivity contribution in [2.75, 3.05) is 5.32 Å². The maximum atomic E-state index is 12.3. The summed E-state index contributed by atoms with van der Waals surface area (Å²) in [6.07, 6.45) is 6.19. The summed E-state index contributed by atoms with van der Waals surface area (Å²) < 4.78 is 0.669. The second-order valence-electron chi connectivity index (χ2n) is 4.72. The van der Waals surface area contributed by atoms with Gasteiger partial charge < -0.3 is 5.32 Å². The third kappa shape index (κ3) is 2.90. The number of aromatic nitrogens is 1. The van der Waals surface area contributed by atoms with E-state index < -0.39 is 0 Å². The molecule has 0 saturated heterocycles. The second-order valence-corrected chi connectivity index (χ2v) is 7.07. The molecule has 1 N–H and O–H groups in total. The zero-order valence-electron chi connectivity index (χ0n) is 10.6. The van der Waals surface area contributed by atoms with Gasteiger partial charge in [-0.15, -0.1) is 11.3 Å². The van der Waals surface area contributed by atoms with E-state index in [0.29, 0.717) is 15.3 Å². The summed E-state index contributed by atoms with van der Waals surface area (Å²) >= 11 is 10.7. The van der Waals surface area contributed by atoms with E-state index in [1.54, 1.807) is 23.6 Å².